The molecule has 2 rings (SSSR count). The van der Waals surface area contributed by atoms with Crippen LogP contribution in [0.4, 0.5) is 5.69 Å². The minimum atomic E-state index is 0.101. The molecule has 1 fully saturated rings. The van der Waals surface area contributed by atoms with Gasteiger partial charge in [0.2, 0.25) is 0 Å². The Hall–Kier alpha value is -1.06. The molecule has 1 heterocycles. The first kappa shape index (κ1) is 12.4. The average molecular weight is 233 g/mol. The molecular weight excluding hydrogens is 210 g/mol. The van der Waals surface area contributed by atoms with Gasteiger partial charge in [-0.15, -0.1) is 0 Å². The van der Waals surface area contributed by atoms with Gasteiger partial charge in [0, 0.05) is 30.9 Å². The number of hydrogen-bond acceptors (Lipinski definition) is 3. The third-order valence-electron chi connectivity index (χ3n) is 3.66. The van der Waals surface area contributed by atoms with E-state index in [4.69, 9.17) is 5.73 Å². The zero-order chi connectivity index (χ0) is 12.4. The first-order valence-corrected chi connectivity index (χ1v) is 6.35. The SMILES string of the molecule is C[C@H](N)c1ccccc1N1CCC(N(C)C)C1. The molecule has 1 aliphatic heterocycles. The van der Waals surface area contributed by atoms with Gasteiger partial charge in [-0.2, -0.15) is 0 Å². The van der Waals surface area contributed by atoms with E-state index in [0.29, 0.717) is 6.04 Å². The van der Waals surface area contributed by atoms with E-state index in [1.54, 1.807) is 0 Å². The Bertz CT molecular complexity index is 373. The Balaban J connectivity index is 2.18. The molecule has 1 saturated heterocycles. The van der Waals surface area contributed by atoms with Crippen molar-refractivity contribution in [2.24, 2.45) is 5.73 Å². The lowest BCUT2D eigenvalue weighted by molar-refractivity contribution is 0.315. The van der Waals surface area contributed by atoms with Crippen molar-refractivity contribution in [2.45, 2.75) is 25.4 Å². The molecule has 0 bridgehead atoms. The summed E-state index contributed by atoms with van der Waals surface area (Å²) >= 11 is 0. The van der Waals surface area contributed by atoms with Crippen LogP contribution in [-0.2, 0) is 0 Å². The maximum absolute atomic E-state index is 6.04. The van der Waals surface area contributed by atoms with Gasteiger partial charge < -0.3 is 15.5 Å². The summed E-state index contributed by atoms with van der Waals surface area (Å²) in [7, 11) is 4.32. The highest BCUT2D eigenvalue weighted by molar-refractivity contribution is 5.55. The van der Waals surface area contributed by atoms with Crippen molar-refractivity contribution >= 4 is 5.69 Å². The molecule has 0 amide bonds. The lowest BCUT2D eigenvalue weighted by Crippen LogP contribution is -2.32. The van der Waals surface area contributed by atoms with Crippen LogP contribution in [0.25, 0.3) is 0 Å². The summed E-state index contributed by atoms with van der Waals surface area (Å²) < 4.78 is 0. The monoisotopic (exact) mass is 233 g/mol. The normalized spacial score (nSPS) is 22.2. The Labute approximate surface area is 104 Å². The maximum Gasteiger partial charge on any atom is 0.0415 e. The number of anilines is 1. The summed E-state index contributed by atoms with van der Waals surface area (Å²) in [5.41, 5.74) is 8.61. The molecule has 1 aromatic carbocycles. The van der Waals surface area contributed by atoms with Crippen LogP contribution in [0.3, 0.4) is 0 Å². The van der Waals surface area contributed by atoms with Crippen LogP contribution in [0.15, 0.2) is 24.3 Å². The molecular formula is C14H23N3. The van der Waals surface area contributed by atoms with Gasteiger partial charge in [0.15, 0.2) is 0 Å². The van der Waals surface area contributed by atoms with Crippen LogP contribution in [-0.4, -0.2) is 38.1 Å². The minimum Gasteiger partial charge on any atom is -0.370 e. The average Bonchev–Trinajstić information content (AvgIpc) is 2.78. The highest BCUT2D eigenvalue weighted by Gasteiger charge is 2.25. The predicted octanol–water partition coefficient (Wildman–Crippen LogP) is 1.85. The Morgan fingerprint density at radius 1 is 1.35 bits per heavy atom. The van der Waals surface area contributed by atoms with Crippen LogP contribution in [0.1, 0.15) is 24.9 Å². The summed E-state index contributed by atoms with van der Waals surface area (Å²) in [4.78, 5) is 4.78. The fourth-order valence-corrected chi connectivity index (χ4v) is 2.54. The van der Waals surface area contributed by atoms with Gasteiger partial charge in [0.05, 0.1) is 0 Å². The van der Waals surface area contributed by atoms with Crippen molar-refractivity contribution in [3.8, 4) is 0 Å². The van der Waals surface area contributed by atoms with Gasteiger partial charge in [0.1, 0.15) is 0 Å². The quantitative estimate of drug-likeness (QED) is 0.864. The summed E-state index contributed by atoms with van der Waals surface area (Å²) in [5.74, 6) is 0. The molecule has 2 N–H and O–H groups in total. The smallest absolute Gasteiger partial charge is 0.0415 e. The summed E-state index contributed by atoms with van der Waals surface area (Å²) in [6, 6.07) is 9.27. The second kappa shape index (κ2) is 5.07. The first-order valence-electron chi connectivity index (χ1n) is 6.35. The van der Waals surface area contributed by atoms with E-state index in [0.717, 1.165) is 13.1 Å². The second-order valence-corrected chi connectivity index (χ2v) is 5.20. The Kier molecular flexibility index (Phi) is 3.69. The lowest BCUT2D eigenvalue weighted by Gasteiger charge is -2.25. The molecule has 0 aromatic heterocycles. The Morgan fingerprint density at radius 2 is 2.06 bits per heavy atom. The molecule has 1 unspecified atom stereocenters. The molecule has 1 aliphatic rings. The van der Waals surface area contributed by atoms with Crippen LogP contribution in [0.5, 0.6) is 0 Å². The molecule has 1 aromatic rings. The third kappa shape index (κ3) is 2.61. The van der Waals surface area contributed by atoms with Crippen molar-refractivity contribution in [3.63, 3.8) is 0 Å². The highest BCUT2D eigenvalue weighted by Crippen LogP contribution is 2.28. The summed E-state index contributed by atoms with van der Waals surface area (Å²) in [5, 5.41) is 0. The zero-order valence-corrected chi connectivity index (χ0v) is 11.1. The largest absolute Gasteiger partial charge is 0.370 e. The number of rotatable bonds is 3. The number of nitrogens with zero attached hydrogens (tertiary/aromatic N) is 2. The molecule has 0 spiro atoms. The standard InChI is InChI=1S/C14H23N3/c1-11(15)13-6-4-5-7-14(13)17-9-8-12(10-17)16(2)3/h4-7,11-12H,8-10,15H2,1-3H3/t11-,12?/m0/s1. The van der Waals surface area contributed by atoms with Crippen molar-refractivity contribution in [3.05, 3.63) is 29.8 Å². The zero-order valence-electron chi connectivity index (χ0n) is 11.1. The van der Waals surface area contributed by atoms with E-state index in [2.05, 4.69) is 55.1 Å². The number of para-hydroxylation sites is 1. The molecule has 0 radical (unpaired) electrons. The van der Waals surface area contributed by atoms with Gasteiger partial charge in [0.25, 0.3) is 0 Å². The van der Waals surface area contributed by atoms with E-state index >= 15 is 0 Å². The predicted molar refractivity (Wildman–Crippen MR) is 73.3 cm³/mol. The highest BCUT2D eigenvalue weighted by atomic mass is 15.2. The fourth-order valence-electron chi connectivity index (χ4n) is 2.54. The van der Waals surface area contributed by atoms with Crippen LogP contribution < -0.4 is 10.6 Å². The summed E-state index contributed by atoms with van der Waals surface area (Å²) in [6.45, 7) is 4.29. The molecule has 0 saturated carbocycles. The van der Waals surface area contributed by atoms with Crippen molar-refractivity contribution in [1.82, 2.24) is 4.90 Å². The van der Waals surface area contributed by atoms with Crippen molar-refractivity contribution in [1.29, 1.82) is 0 Å². The fraction of sp³-hybridized carbons (Fsp3) is 0.571. The molecule has 0 aliphatic carbocycles. The number of benzene rings is 1. The van der Waals surface area contributed by atoms with Crippen LogP contribution in [0, 0.1) is 0 Å². The van der Waals surface area contributed by atoms with E-state index in [9.17, 15) is 0 Å². The van der Waals surface area contributed by atoms with E-state index in [1.165, 1.54) is 17.7 Å². The summed E-state index contributed by atoms with van der Waals surface area (Å²) in [6.07, 6.45) is 1.24. The number of hydrogen-bond donors (Lipinski definition) is 1. The molecule has 2 atom stereocenters. The van der Waals surface area contributed by atoms with Crippen LogP contribution >= 0.6 is 0 Å². The first-order chi connectivity index (χ1) is 8.09. The van der Waals surface area contributed by atoms with Crippen LogP contribution in [0.2, 0.25) is 0 Å². The molecule has 94 valence electrons. The number of nitrogens with two attached hydrogens (primary N) is 1. The van der Waals surface area contributed by atoms with Gasteiger partial charge in [-0.25, -0.2) is 0 Å². The van der Waals surface area contributed by atoms with Crippen molar-refractivity contribution in [2.75, 3.05) is 32.1 Å². The van der Waals surface area contributed by atoms with E-state index in [1.807, 2.05) is 0 Å². The Morgan fingerprint density at radius 3 is 2.65 bits per heavy atom. The van der Waals surface area contributed by atoms with E-state index < -0.39 is 0 Å². The maximum atomic E-state index is 6.04. The van der Waals surface area contributed by atoms with E-state index in [-0.39, 0.29) is 6.04 Å². The second-order valence-electron chi connectivity index (χ2n) is 5.20. The topological polar surface area (TPSA) is 32.5 Å². The third-order valence-corrected chi connectivity index (χ3v) is 3.66. The lowest BCUT2D eigenvalue weighted by atomic mass is 10.1. The van der Waals surface area contributed by atoms with Gasteiger partial charge in [-0.05, 0) is 39.1 Å². The minimum absolute atomic E-state index is 0.101. The molecule has 17 heavy (non-hydrogen) atoms. The number of likely N-dealkylation sites (N-methyl/N-ethyl adjacent to an activating group) is 1. The molecule has 3 heteroatoms. The van der Waals surface area contributed by atoms with Gasteiger partial charge in [-0.3, -0.25) is 0 Å². The van der Waals surface area contributed by atoms with Gasteiger partial charge >= 0.3 is 0 Å². The van der Waals surface area contributed by atoms with Crippen molar-refractivity contribution < 1.29 is 0 Å². The van der Waals surface area contributed by atoms with Gasteiger partial charge in [-0.1, -0.05) is 18.2 Å². The molecule has 3 nitrogen and oxygen atoms in total.